The van der Waals surface area contributed by atoms with Crippen molar-refractivity contribution in [1.29, 1.82) is 0 Å². The van der Waals surface area contributed by atoms with Crippen LogP contribution in [0.25, 0.3) is 10.9 Å². The second-order valence-corrected chi connectivity index (χ2v) is 11.7. The summed E-state index contributed by atoms with van der Waals surface area (Å²) in [7, 11) is -4.09. The molecule has 3 aromatic heterocycles. The van der Waals surface area contributed by atoms with Gasteiger partial charge in [-0.1, -0.05) is 0 Å². The van der Waals surface area contributed by atoms with Gasteiger partial charge in [0.15, 0.2) is 15.7 Å². The van der Waals surface area contributed by atoms with Crippen molar-refractivity contribution in [2.24, 2.45) is 0 Å². The molecule has 0 aliphatic carbocycles. The standard InChI is InChI=1S/C24H21BrF3N5O2S/c1-36(34,35)23-19(27)9-21-17(22(23)28)4-7-33(21)13-20-18(26)8-15(10-29-20)14-2-5-32(6-3-14)24-30-11-16(25)12-31-24/h4,7-12,14H,2-3,5-6,13H2,1H3. The topological polar surface area (TPSA) is 81.0 Å². The first-order valence-corrected chi connectivity index (χ1v) is 13.8. The number of halogens is 4. The number of nitrogens with zero attached hydrogens (tertiary/aromatic N) is 5. The second-order valence-electron chi connectivity index (χ2n) is 8.81. The number of sulfone groups is 1. The van der Waals surface area contributed by atoms with E-state index in [-0.39, 0.29) is 29.1 Å². The summed E-state index contributed by atoms with van der Waals surface area (Å²) in [5, 5.41) is -0.0598. The highest BCUT2D eigenvalue weighted by molar-refractivity contribution is 9.10. The summed E-state index contributed by atoms with van der Waals surface area (Å²) in [6.45, 7) is 1.40. The molecule has 0 radical (unpaired) electrons. The van der Waals surface area contributed by atoms with E-state index in [4.69, 9.17) is 0 Å². The van der Waals surface area contributed by atoms with Crippen LogP contribution in [0, 0.1) is 17.5 Å². The van der Waals surface area contributed by atoms with E-state index in [0.717, 1.165) is 48.3 Å². The van der Waals surface area contributed by atoms with Gasteiger partial charge in [-0.3, -0.25) is 4.98 Å². The number of benzene rings is 1. The lowest BCUT2D eigenvalue weighted by atomic mass is 9.90. The number of hydrogen-bond donors (Lipinski definition) is 0. The molecule has 0 atom stereocenters. The number of fused-ring (bicyclic) bond motifs is 1. The van der Waals surface area contributed by atoms with Gasteiger partial charge in [0.25, 0.3) is 0 Å². The third-order valence-electron chi connectivity index (χ3n) is 6.41. The lowest BCUT2D eigenvalue weighted by Crippen LogP contribution is -2.34. The average Bonchev–Trinajstić information content (AvgIpc) is 3.23. The molecule has 4 aromatic rings. The van der Waals surface area contributed by atoms with Gasteiger partial charge in [0.2, 0.25) is 5.95 Å². The number of piperidine rings is 1. The lowest BCUT2D eigenvalue weighted by Gasteiger charge is -2.32. The van der Waals surface area contributed by atoms with Crippen molar-refractivity contribution in [2.75, 3.05) is 24.2 Å². The Morgan fingerprint density at radius 3 is 2.36 bits per heavy atom. The van der Waals surface area contributed by atoms with E-state index in [1.807, 2.05) is 0 Å². The Balaban J connectivity index is 1.33. The van der Waals surface area contributed by atoms with E-state index >= 15 is 4.39 Å². The van der Waals surface area contributed by atoms with E-state index in [9.17, 15) is 17.2 Å². The van der Waals surface area contributed by atoms with Crippen LogP contribution in [-0.2, 0) is 16.4 Å². The number of rotatable bonds is 5. The van der Waals surface area contributed by atoms with Crippen LogP contribution < -0.4 is 4.90 Å². The van der Waals surface area contributed by atoms with E-state index in [2.05, 4.69) is 35.8 Å². The molecule has 1 aliphatic rings. The van der Waals surface area contributed by atoms with Gasteiger partial charge < -0.3 is 9.47 Å². The summed E-state index contributed by atoms with van der Waals surface area (Å²) in [5.74, 6) is -2.06. The molecule has 5 rings (SSSR count). The first-order chi connectivity index (χ1) is 17.1. The average molecular weight is 580 g/mol. The molecule has 0 amide bonds. The minimum absolute atomic E-state index is 0.0598. The minimum Gasteiger partial charge on any atom is -0.341 e. The third-order valence-corrected chi connectivity index (χ3v) is 7.93. The molecule has 1 fully saturated rings. The van der Waals surface area contributed by atoms with Gasteiger partial charge in [-0.25, -0.2) is 31.6 Å². The van der Waals surface area contributed by atoms with E-state index in [1.54, 1.807) is 18.6 Å². The largest absolute Gasteiger partial charge is 0.341 e. The van der Waals surface area contributed by atoms with Crippen molar-refractivity contribution in [3.05, 3.63) is 76.2 Å². The quantitative estimate of drug-likeness (QED) is 0.336. The predicted octanol–water partition coefficient (Wildman–Crippen LogP) is 4.84. The molecule has 12 heteroatoms. The highest BCUT2D eigenvalue weighted by atomic mass is 79.9. The van der Waals surface area contributed by atoms with Crippen LogP contribution in [0.15, 0.2) is 52.4 Å². The number of pyridine rings is 1. The third kappa shape index (κ3) is 4.71. The molecule has 0 spiro atoms. The fourth-order valence-electron chi connectivity index (χ4n) is 4.59. The first kappa shape index (κ1) is 24.7. The Hall–Kier alpha value is -2.99. The Bertz CT molecular complexity index is 1550. The summed E-state index contributed by atoms with van der Waals surface area (Å²) in [6, 6.07) is 3.76. The fraction of sp³-hybridized carbons (Fsp3) is 0.292. The summed E-state index contributed by atoms with van der Waals surface area (Å²) in [5.41, 5.74) is 1.02. The zero-order valence-corrected chi connectivity index (χ0v) is 21.5. The van der Waals surface area contributed by atoms with Gasteiger partial charge >= 0.3 is 0 Å². The van der Waals surface area contributed by atoms with Crippen molar-refractivity contribution in [2.45, 2.75) is 30.2 Å². The van der Waals surface area contributed by atoms with Gasteiger partial charge in [0, 0.05) is 49.5 Å². The molecular formula is C24H21BrF3N5O2S. The summed E-state index contributed by atoms with van der Waals surface area (Å²) in [6.07, 6.45) is 8.84. The summed E-state index contributed by atoms with van der Waals surface area (Å²) < 4.78 is 70.0. The van der Waals surface area contributed by atoms with Gasteiger partial charge in [-0.15, -0.1) is 0 Å². The molecule has 4 heterocycles. The number of hydrogen-bond acceptors (Lipinski definition) is 6. The van der Waals surface area contributed by atoms with Crippen LogP contribution in [-0.4, -0.2) is 47.3 Å². The molecule has 1 saturated heterocycles. The van der Waals surface area contributed by atoms with Gasteiger partial charge in [0.05, 0.1) is 22.2 Å². The van der Waals surface area contributed by atoms with Crippen molar-refractivity contribution in [3.63, 3.8) is 0 Å². The molecule has 188 valence electrons. The van der Waals surface area contributed by atoms with E-state index in [1.165, 1.54) is 22.9 Å². The van der Waals surface area contributed by atoms with Crippen LogP contribution >= 0.6 is 15.9 Å². The Morgan fingerprint density at radius 1 is 1.03 bits per heavy atom. The van der Waals surface area contributed by atoms with Crippen LogP contribution in [0.1, 0.15) is 30.0 Å². The zero-order chi connectivity index (χ0) is 25.6. The van der Waals surface area contributed by atoms with Crippen molar-refractivity contribution < 1.29 is 21.6 Å². The Kier molecular flexibility index (Phi) is 6.50. The molecule has 1 aliphatic heterocycles. The van der Waals surface area contributed by atoms with Gasteiger partial charge in [-0.05, 0) is 58.5 Å². The van der Waals surface area contributed by atoms with Gasteiger partial charge in [0.1, 0.15) is 16.5 Å². The highest BCUT2D eigenvalue weighted by Crippen LogP contribution is 2.31. The molecule has 0 saturated carbocycles. The fourth-order valence-corrected chi connectivity index (χ4v) is 5.64. The molecule has 7 nitrogen and oxygen atoms in total. The molecule has 36 heavy (non-hydrogen) atoms. The molecule has 1 aromatic carbocycles. The monoisotopic (exact) mass is 579 g/mol. The zero-order valence-electron chi connectivity index (χ0n) is 19.1. The molecule has 0 unspecified atom stereocenters. The normalized spacial score (nSPS) is 15.1. The van der Waals surface area contributed by atoms with Crippen molar-refractivity contribution in [3.8, 4) is 0 Å². The highest BCUT2D eigenvalue weighted by Gasteiger charge is 2.25. The predicted molar refractivity (Wildman–Crippen MR) is 132 cm³/mol. The summed E-state index contributed by atoms with van der Waals surface area (Å²) >= 11 is 3.33. The molecule has 0 N–H and O–H groups in total. The van der Waals surface area contributed by atoms with E-state index in [0.29, 0.717) is 5.95 Å². The number of aromatic nitrogens is 4. The van der Waals surface area contributed by atoms with Crippen molar-refractivity contribution >= 4 is 42.6 Å². The maximum Gasteiger partial charge on any atom is 0.225 e. The molecule has 0 bridgehead atoms. The maximum atomic E-state index is 15.0. The number of anilines is 1. The van der Waals surface area contributed by atoms with Crippen LogP contribution in [0.4, 0.5) is 19.1 Å². The second kappa shape index (κ2) is 9.47. The molecular weight excluding hydrogens is 559 g/mol. The Morgan fingerprint density at radius 2 is 1.72 bits per heavy atom. The van der Waals surface area contributed by atoms with Crippen LogP contribution in [0.3, 0.4) is 0 Å². The SMILES string of the molecule is CS(=O)(=O)c1c(F)cc2c(ccn2Cc2ncc(C3CCN(c4ncc(Br)cn4)CC3)cc2F)c1F. The lowest BCUT2D eigenvalue weighted by molar-refractivity contribution is 0.492. The minimum atomic E-state index is -4.09. The van der Waals surface area contributed by atoms with Crippen molar-refractivity contribution in [1.82, 2.24) is 19.5 Å². The van der Waals surface area contributed by atoms with E-state index < -0.39 is 32.2 Å². The van der Waals surface area contributed by atoms with Crippen LogP contribution in [0.5, 0.6) is 0 Å². The first-order valence-electron chi connectivity index (χ1n) is 11.2. The van der Waals surface area contributed by atoms with Gasteiger partial charge in [-0.2, -0.15) is 0 Å². The maximum absolute atomic E-state index is 15.0. The smallest absolute Gasteiger partial charge is 0.225 e. The Labute approximate surface area is 214 Å². The summed E-state index contributed by atoms with van der Waals surface area (Å²) in [4.78, 5) is 14.1. The van der Waals surface area contributed by atoms with Crippen LogP contribution in [0.2, 0.25) is 0 Å².